The Morgan fingerprint density at radius 2 is 1.81 bits per heavy atom. The maximum atomic E-state index is 12.8. The lowest BCUT2D eigenvalue weighted by atomic mass is 10.1. The van der Waals surface area contributed by atoms with Crippen LogP contribution in [0.2, 0.25) is 0 Å². The summed E-state index contributed by atoms with van der Waals surface area (Å²) >= 11 is 0. The summed E-state index contributed by atoms with van der Waals surface area (Å²) in [7, 11) is 1.76. The molecule has 0 bridgehead atoms. The van der Waals surface area contributed by atoms with Gasteiger partial charge in [0.25, 0.3) is 0 Å². The summed E-state index contributed by atoms with van der Waals surface area (Å²) in [6.07, 6.45) is -0.322. The summed E-state index contributed by atoms with van der Waals surface area (Å²) in [6, 6.07) is 7.75. The Bertz CT molecular complexity index is 597. The third-order valence-electron chi connectivity index (χ3n) is 3.27. The first-order valence-corrected chi connectivity index (χ1v) is 6.44. The Morgan fingerprint density at radius 3 is 2.43 bits per heavy atom. The van der Waals surface area contributed by atoms with Gasteiger partial charge < -0.3 is 10.6 Å². The molecule has 0 aliphatic carbocycles. The van der Waals surface area contributed by atoms with E-state index in [1.54, 1.807) is 30.4 Å². The number of halogens is 3. The second-order valence-electron chi connectivity index (χ2n) is 4.80. The lowest BCUT2D eigenvalue weighted by Crippen LogP contribution is -2.21. The molecule has 21 heavy (non-hydrogen) atoms. The van der Waals surface area contributed by atoms with Gasteiger partial charge in [-0.05, 0) is 42.3 Å². The van der Waals surface area contributed by atoms with Crippen molar-refractivity contribution in [2.75, 3.05) is 24.2 Å². The van der Waals surface area contributed by atoms with E-state index in [0.29, 0.717) is 12.2 Å². The first-order valence-electron chi connectivity index (χ1n) is 6.44. The number of nitrogens with two attached hydrogens (primary N) is 1. The molecule has 1 aromatic carbocycles. The highest BCUT2D eigenvalue weighted by Gasteiger charge is 2.33. The van der Waals surface area contributed by atoms with Crippen LogP contribution >= 0.6 is 0 Å². The summed E-state index contributed by atoms with van der Waals surface area (Å²) in [5, 5.41) is 0. The lowest BCUT2D eigenvalue weighted by Gasteiger charge is -2.21. The number of likely N-dealkylation sites (N-methyl/N-ethyl adjacent to an activating group) is 1. The molecule has 6 heteroatoms. The first kappa shape index (κ1) is 15.2. The molecular formula is C15H16F3N3. The zero-order chi connectivity index (χ0) is 15.5. The van der Waals surface area contributed by atoms with Crippen molar-refractivity contribution >= 4 is 11.4 Å². The van der Waals surface area contributed by atoms with Crippen LogP contribution in [0.5, 0.6) is 0 Å². The minimum atomic E-state index is -4.44. The number of hydrogen-bond acceptors (Lipinski definition) is 3. The number of benzene rings is 1. The standard InChI is InChI=1S/C15H16F3N3/c1-21(9-6-11-4-7-20-8-5-11)12-2-3-14(19)13(10-12)15(16,17)18/h2-5,7-8,10H,6,9,19H2,1H3. The normalized spacial score (nSPS) is 11.4. The zero-order valence-electron chi connectivity index (χ0n) is 11.6. The average Bonchev–Trinajstić information content (AvgIpc) is 2.45. The quantitative estimate of drug-likeness (QED) is 0.879. The van der Waals surface area contributed by atoms with Gasteiger partial charge in [0.05, 0.1) is 5.56 Å². The fourth-order valence-corrected chi connectivity index (χ4v) is 2.00. The molecule has 0 atom stereocenters. The van der Waals surface area contributed by atoms with E-state index in [0.717, 1.165) is 18.1 Å². The molecule has 0 saturated carbocycles. The van der Waals surface area contributed by atoms with E-state index < -0.39 is 11.7 Å². The van der Waals surface area contributed by atoms with Crippen molar-refractivity contribution in [3.63, 3.8) is 0 Å². The van der Waals surface area contributed by atoms with Crippen LogP contribution in [0.15, 0.2) is 42.7 Å². The number of nitrogens with zero attached hydrogens (tertiary/aromatic N) is 2. The van der Waals surface area contributed by atoms with Crippen molar-refractivity contribution in [3.05, 3.63) is 53.9 Å². The Hall–Kier alpha value is -2.24. The van der Waals surface area contributed by atoms with Gasteiger partial charge in [-0.1, -0.05) is 0 Å². The van der Waals surface area contributed by atoms with E-state index >= 15 is 0 Å². The van der Waals surface area contributed by atoms with Gasteiger partial charge in [-0.25, -0.2) is 0 Å². The van der Waals surface area contributed by atoms with Crippen molar-refractivity contribution in [3.8, 4) is 0 Å². The third-order valence-corrected chi connectivity index (χ3v) is 3.27. The topological polar surface area (TPSA) is 42.2 Å². The fourth-order valence-electron chi connectivity index (χ4n) is 2.00. The molecule has 3 nitrogen and oxygen atoms in total. The van der Waals surface area contributed by atoms with Gasteiger partial charge in [0.2, 0.25) is 0 Å². The van der Waals surface area contributed by atoms with Crippen LogP contribution in [-0.4, -0.2) is 18.6 Å². The summed E-state index contributed by atoms with van der Waals surface area (Å²) in [4.78, 5) is 5.70. The Balaban J connectivity index is 2.11. The highest BCUT2D eigenvalue weighted by Crippen LogP contribution is 2.35. The Labute approximate surface area is 121 Å². The third kappa shape index (κ3) is 3.87. The first-order chi connectivity index (χ1) is 9.88. The Morgan fingerprint density at radius 1 is 1.14 bits per heavy atom. The molecule has 1 heterocycles. The van der Waals surface area contributed by atoms with E-state index in [-0.39, 0.29) is 5.69 Å². The lowest BCUT2D eigenvalue weighted by molar-refractivity contribution is -0.136. The second kappa shape index (κ2) is 6.03. The minimum Gasteiger partial charge on any atom is -0.398 e. The van der Waals surface area contributed by atoms with Gasteiger partial charge in [-0.15, -0.1) is 0 Å². The predicted molar refractivity (Wildman–Crippen MR) is 77.1 cm³/mol. The van der Waals surface area contributed by atoms with Crippen molar-refractivity contribution in [2.24, 2.45) is 0 Å². The van der Waals surface area contributed by atoms with Gasteiger partial charge in [0, 0.05) is 37.4 Å². The zero-order valence-corrected chi connectivity index (χ0v) is 11.6. The molecule has 0 aliphatic heterocycles. The van der Waals surface area contributed by atoms with Crippen molar-refractivity contribution in [2.45, 2.75) is 12.6 Å². The van der Waals surface area contributed by atoms with E-state index in [1.807, 2.05) is 12.1 Å². The Kier molecular flexibility index (Phi) is 4.35. The molecule has 2 rings (SSSR count). The van der Waals surface area contributed by atoms with Gasteiger partial charge in [-0.2, -0.15) is 13.2 Å². The monoisotopic (exact) mass is 295 g/mol. The molecule has 0 unspecified atom stereocenters. The molecule has 0 spiro atoms. The van der Waals surface area contributed by atoms with Gasteiger partial charge in [0.15, 0.2) is 0 Å². The number of rotatable bonds is 4. The molecule has 0 radical (unpaired) electrons. The van der Waals surface area contributed by atoms with Crippen LogP contribution in [0, 0.1) is 0 Å². The molecule has 112 valence electrons. The van der Waals surface area contributed by atoms with Crippen LogP contribution in [0.1, 0.15) is 11.1 Å². The molecule has 0 aliphatic rings. The molecule has 0 saturated heterocycles. The van der Waals surface area contributed by atoms with Crippen LogP contribution in [0.4, 0.5) is 24.5 Å². The van der Waals surface area contributed by atoms with Crippen molar-refractivity contribution < 1.29 is 13.2 Å². The maximum absolute atomic E-state index is 12.8. The van der Waals surface area contributed by atoms with E-state index in [1.165, 1.54) is 6.07 Å². The summed E-state index contributed by atoms with van der Waals surface area (Å²) in [6.45, 7) is 0.602. The highest BCUT2D eigenvalue weighted by atomic mass is 19.4. The number of anilines is 2. The van der Waals surface area contributed by atoms with E-state index in [2.05, 4.69) is 4.98 Å². The van der Waals surface area contributed by atoms with Gasteiger partial charge >= 0.3 is 6.18 Å². The van der Waals surface area contributed by atoms with E-state index in [4.69, 9.17) is 5.73 Å². The van der Waals surface area contributed by atoms with Crippen LogP contribution in [0.3, 0.4) is 0 Å². The summed E-state index contributed by atoms with van der Waals surface area (Å²) < 4.78 is 38.5. The number of aromatic nitrogens is 1. The molecule has 0 amide bonds. The average molecular weight is 295 g/mol. The molecular weight excluding hydrogens is 279 g/mol. The van der Waals surface area contributed by atoms with Crippen LogP contribution in [-0.2, 0) is 12.6 Å². The van der Waals surface area contributed by atoms with Crippen LogP contribution < -0.4 is 10.6 Å². The van der Waals surface area contributed by atoms with Crippen molar-refractivity contribution in [1.82, 2.24) is 4.98 Å². The minimum absolute atomic E-state index is 0.256. The summed E-state index contributed by atoms with van der Waals surface area (Å²) in [5.74, 6) is 0. The summed E-state index contributed by atoms with van der Waals surface area (Å²) in [5.41, 5.74) is 5.92. The largest absolute Gasteiger partial charge is 0.418 e. The smallest absolute Gasteiger partial charge is 0.398 e. The number of pyridine rings is 1. The molecule has 2 N–H and O–H groups in total. The number of alkyl halides is 3. The molecule has 0 fully saturated rings. The van der Waals surface area contributed by atoms with E-state index in [9.17, 15) is 13.2 Å². The molecule has 2 aromatic rings. The predicted octanol–water partition coefficient (Wildman–Crippen LogP) is 3.36. The molecule has 1 aromatic heterocycles. The number of hydrogen-bond donors (Lipinski definition) is 1. The van der Waals surface area contributed by atoms with Gasteiger partial charge in [0.1, 0.15) is 0 Å². The van der Waals surface area contributed by atoms with Gasteiger partial charge in [-0.3, -0.25) is 4.98 Å². The highest BCUT2D eigenvalue weighted by molar-refractivity contribution is 5.59. The SMILES string of the molecule is CN(CCc1ccncc1)c1ccc(N)c(C(F)(F)F)c1. The van der Waals surface area contributed by atoms with Crippen molar-refractivity contribution in [1.29, 1.82) is 0 Å². The van der Waals surface area contributed by atoms with Crippen LogP contribution in [0.25, 0.3) is 0 Å². The number of nitrogen functional groups attached to an aromatic ring is 1. The fraction of sp³-hybridized carbons (Fsp3) is 0.267. The maximum Gasteiger partial charge on any atom is 0.418 e. The second-order valence-corrected chi connectivity index (χ2v) is 4.80.